The van der Waals surface area contributed by atoms with E-state index in [1.54, 1.807) is 0 Å². The van der Waals surface area contributed by atoms with Gasteiger partial charge in [0.05, 0.1) is 19.8 Å². The Kier molecular flexibility index (Phi) is 15.6. The molecular weight excluding hydrogens is 838 g/mol. The molecule has 0 bridgehead atoms. The number of hydrogen-bond donors (Lipinski definition) is 13. The smallest absolute Gasteiger partial charge is 0.397 e. The van der Waals surface area contributed by atoms with Crippen LogP contribution in [0.3, 0.4) is 0 Å². The number of carboxylic acids is 2. The van der Waals surface area contributed by atoms with E-state index in [4.69, 9.17) is 33.2 Å². The lowest BCUT2D eigenvalue weighted by atomic mass is 9.94. The van der Waals surface area contributed by atoms with E-state index in [2.05, 4.69) is 13.7 Å². The average Bonchev–Trinajstić information content (AvgIpc) is 3.43. The molecule has 4 fully saturated rings. The maximum absolute atomic E-state index is 12.4. The van der Waals surface area contributed by atoms with Crippen LogP contribution in [-0.4, -0.2) is 231 Å². The summed E-state index contributed by atoms with van der Waals surface area (Å²) in [6.07, 6.45) is -38.8. The number of carbonyl (C=O) groups excluding carboxylic acids is 1. The van der Waals surface area contributed by atoms with Crippen LogP contribution in [0.15, 0.2) is 0 Å². The highest BCUT2D eigenvalue weighted by Crippen LogP contribution is 2.35. The van der Waals surface area contributed by atoms with E-state index in [1.165, 1.54) is 0 Å². The number of carboxylic acid groups (broad SMARTS) is 2. The molecule has 0 unspecified atom stereocenters. The Bertz CT molecular complexity index is 1630. The molecule has 330 valence electrons. The minimum absolute atomic E-state index is 0.882. The number of rotatable bonds is 16. The topological polar surface area (TPSA) is 457 Å². The van der Waals surface area contributed by atoms with Crippen molar-refractivity contribution in [3.63, 3.8) is 0 Å². The summed E-state index contributed by atoms with van der Waals surface area (Å²) in [7, 11) is -10.6. The zero-order valence-electron chi connectivity index (χ0n) is 28.8. The molecule has 13 N–H and O–H groups in total. The third-order valence-corrected chi connectivity index (χ3v) is 9.80. The molecule has 57 heavy (non-hydrogen) atoms. The number of aliphatic hydroxyl groups excluding tert-OH is 8. The maximum atomic E-state index is 12.4. The molecule has 0 spiro atoms. The second kappa shape index (κ2) is 18.9. The Hall–Kier alpha value is -2.45. The molecule has 0 aromatic carbocycles. The van der Waals surface area contributed by atoms with Gasteiger partial charge in [-0.25, -0.2) is 18.0 Å². The lowest BCUT2D eigenvalue weighted by Crippen LogP contribution is -2.70. The second-order valence-electron chi connectivity index (χ2n) is 12.8. The first-order valence-corrected chi connectivity index (χ1v) is 19.0. The SMILES string of the molecule is CC(=O)N[C@H]1[C@@H](O[C@H]2[C@H](O)[C@@H](O)[C@H](O[C@H]3[C@H](OS(=O)(=O)O)[C@@H](CO)O[C@@H]3CO)O[C@@H]2C(=O)O)O[C@H](COS(=O)(=O)O)[C@@H](O[C@@H]2O[C@@H](C(=O)O)[C@@H](O)[C@H](O)[C@H]2O)[C@@H]1O. The molecular formula is C26H41NO28S2. The Morgan fingerprint density at radius 3 is 1.60 bits per heavy atom. The fourth-order valence-electron chi connectivity index (χ4n) is 6.33. The van der Waals surface area contributed by atoms with Crippen molar-refractivity contribution in [1.29, 1.82) is 0 Å². The van der Waals surface area contributed by atoms with Crippen LogP contribution in [0.1, 0.15) is 6.92 Å². The summed E-state index contributed by atoms with van der Waals surface area (Å²) in [5.41, 5.74) is 0. The van der Waals surface area contributed by atoms with E-state index in [0.29, 0.717) is 0 Å². The highest BCUT2D eigenvalue weighted by molar-refractivity contribution is 7.81. The van der Waals surface area contributed by atoms with Gasteiger partial charge in [0.15, 0.2) is 31.1 Å². The number of aliphatic carboxylic acids is 2. The average molecular weight is 880 g/mol. The number of hydrogen-bond acceptors (Lipinski definition) is 24. The Morgan fingerprint density at radius 1 is 0.579 bits per heavy atom. The van der Waals surface area contributed by atoms with E-state index in [9.17, 15) is 91.4 Å². The standard InChI is InChI=1S/C26H41NO28S2/c1-5(30)27-9-10(31)16(50-25-14(35)11(32)12(33)20(53-25)22(37)38)8(4-47-56(41,42)43)49-24(9)52-19-13(34)15(36)26(54-21(19)23(39)40)51-17-6(2-28)48-7(3-29)18(17)55-57(44,45)46/h6-21,24-26,28-29,31-36H,2-4H2,1H3,(H,27,30)(H,37,38)(H,39,40)(H,41,42,43)(H,44,45,46)/t6-,7-,8-,9-,10-,11+,12+,13-,14-,15-,16-,17-,18-,19+,20-,21+,24-,25-,26-/m1/s1. The summed E-state index contributed by atoms with van der Waals surface area (Å²) in [6.45, 7) is -2.41. The van der Waals surface area contributed by atoms with Gasteiger partial charge in [-0.1, -0.05) is 0 Å². The lowest BCUT2D eigenvalue weighted by Gasteiger charge is -2.49. The zero-order valence-corrected chi connectivity index (χ0v) is 30.4. The number of ether oxygens (including phenoxy) is 7. The van der Waals surface area contributed by atoms with Crippen LogP contribution in [0.25, 0.3) is 0 Å². The Morgan fingerprint density at radius 2 is 1.09 bits per heavy atom. The molecule has 19 atom stereocenters. The van der Waals surface area contributed by atoms with Gasteiger partial charge in [-0.05, 0) is 0 Å². The minimum atomic E-state index is -5.34. The molecule has 0 aromatic rings. The lowest BCUT2D eigenvalue weighted by molar-refractivity contribution is -0.364. The van der Waals surface area contributed by atoms with E-state index in [0.717, 1.165) is 6.92 Å². The van der Waals surface area contributed by atoms with Gasteiger partial charge in [0, 0.05) is 6.92 Å². The van der Waals surface area contributed by atoms with Crippen molar-refractivity contribution in [1.82, 2.24) is 5.32 Å². The third kappa shape index (κ3) is 11.2. The predicted molar refractivity (Wildman–Crippen MR) is 166 cm³/mol. The molecule has 1 amide bonds. The van der Waals surface area contributed by atoms with Gasteiger partial charge in [0.1, 0.15) is 85.4 Å². The van der Waals surface area contributed by atoms with Gasteiger partial charge in [-0.15, -0.1) is 0 Å². The van der Waals surface area contributed by atoms with Crippen LogP contribution >= 0.6 is 0 Å². The van der Waals surface area contributed by atoms with Crippen LogP contribution in [-0.2, 0) is 76.7 Å². The summed E-state index contributed by atoms with van der Waals surface area (Å²) in [6, 6.07) is -1.98. The van der Waals surface area contributed by atoms with Crippen molar-refractivity contribution in [3.8, 4) is 0 Å². The molecule has 0 radical (unpaired) electrons. The number of nitrogens with one attached hydrogen (secondary N) is 1. The largest absolute Gasteiger partial charge is 0.479 e. The summed E-state index contributed by atoms with van der Waals surface area (Å²) in [5.74, 6) is -4.82. The monoisotopic (exact) mass is 879 g/mol. The van der Waals surface area contributed by atoms with Crippen LogP contribution < -0.4 is 5.32 Å². The highest BCUT2D eigenvalue weighted by atomic mass is 32.3. The summed E-state index contributed by atoms with van der Waals surface area (Å²) in [4.78, 5) is 36.3. The van der Waals surface area contributed by atoms with Crippen molar-refractivity contribution in [2.24, 2.45) is 0 Å². The molecule has 31 heteroatoms. The molecule has 4 aliphatic heterocycles. The third-order valence-electron chi connectivity index (χ3n) is 8.90. The number of amides is 1. The van der Waals surface area contributed by atoms with Gasteiger partial charge in [-0.3, -0.25) is 13.9 Å². The van der Waals surface area contributed by atoms with Crippen molar-refractivity contribution in [3.05, 3.63) is 0 Å². The number of carbonyl (C=O) groups is 3. The first kappa shape index (κ1) is 47.2. The Balaban J connectivity index is 1.64. The predicted octanol–water partition coefficient (Wildman–Crippen LogP) is -9.08. The molecule has 0 saturated carbocycles. The first-order valence-electron chi connectivity index (χ1n) is 16.3. The molecule has 4 aliphatic rings. The quantitative estimate of drug-likeness (QED) is 0.0640. The molecule has 4 saturated heterocycles. The van der Waals surface area contributed by atoms with Crippen LogP contribution in [0.2, 0.25) is 0 Å². The van der Waals surface area contributed by atoms with Gasteiger partial charge >= 0.3 is 32.7 Å². The van der Waals surface area contributed by atoms with E-state index in [1.807, 2.05) is 0 Å². The molecule has 4 heterocycles. The van der Waals surface area contributed by atoms with Crippen LogP contribution in [0.5, 0.6) is 0 Å². The van der Waals surface area contributed by atoms with Gasteiger partial charge in [0.25, 0.3) is 0 Å². The van der Waals surface area contributed by atoms with Crippen molar-refractivity contribution in [2.75, 3.05) is 19.8 Å². The first-order chi connectivity index (χ1) is 26.4. The van der Waals surface area contributed by atoms with E-state index >= 15 is 0 Å². The van der Waals surface area contributed by atoms with Crippen molar-refractivity contribution >= 4 is 38.6 Å². The molecule has 4 rings (SSSR count). The summed E-state index contributed by atoms with van der Waals surface area (Å²) >= 11 is 0. The fraction of sp³-hybridized carbons (Fsp3) is 0.885. The summed E-state index contributed by atoms with van der Waals surface area (Å²) in [5, 5.41) is 105. The second-order valence-corrected chi connectivity index (χ2v) is 15.0. The van der Waals surface area contributed by atoms with Gasteiger partial charge in [-0.2, -0.15) is 16.8 Å². The number of aliphatic hydroxyl groups is 8. The van der Waals surface area contributed by atoms with Crippen LogP contribution in [0.4, 0.5) is 0 Å². The summed E-state index contributed by atoms with van der Waals surface area (Å²) < 4.78 is 111. The van der Waals surface area contributed by atoms with Crippen molar-refractivity contribution < 1.29 is 133 Å². The molecule has 29 nitrogen and oxygen atoms in total. The molecule has 0 aromatic heterocycles. The van der Waals surface area contributed by atoms with Gasteiger partial charge in [0.2, 0.25) is 5.91 Å². The Labute approximate surface area is 320 Å². The minimum Gasteiger partial charge on any atom is -0.479 e. The highest BCUT2D eigenvalue weighted by Gasteiger charge is 2.58. The van der Waals surface area contributed by atoms with E-state index < -0.39 is 175 Å². The van der Waals surface area contributed by atoms with Crippen molar-refractivity contribution in [2.45, 2.75) is 123 Å². The zero-order chi connectivity index (χ0) is 42.9. The molecule has 0 aliphatic carbocycles. The van der Waals surface area contributed by atoms with Gasteiger partial charge < -0.3 is 89.5 Å². The fourth-order valence-corrected chi connectivity index (χ4v) is 7.15. The van der Waals surface area contributed by atoms with Crippen LogP contribution in [0, 0.1) is 0 Å². The van der Waals surface area contributed by atoms with E-state index in [-0.39, 0.29) is 0 Å². The normalized spacial score (nSPS) is 43.0. The maximum Gasteiger partial charge on any atom is 0.397 e.